The van der Waals surface area contributed by atoms with E-state index in [9.17, 15) is 9.59 Å². The number of carbonyl (C=O) groups excluding carboxylic acids is 1. The van der Waals surface area contributed by atoms with Crippen molar-refractivity contribution in [3.63, 3.8) is 0 Å². The second-order valence-electron chi connectivity index (χ2n) is 7.16. The molecule has 0 unspecified atom stereocenters. The van der Waals surface area contributed by atoms with Gasteiger partial charge >= 0.3 is 0 Å². The van der Waals surface area contributed by atoms with Crippen molar-refractivity contribution < 1.29 is 4.79 Å². The summed E-state index contributed by atoms with van der Waals surface area (Å²) in [7, 11) is 0. The molecule has 0 saturated carbocycles. The Labute approximate surface area is 169 Å². The van der Waals surface area contributed by atoms with Gasteiger partial charge in [0.05, 0.1) is 5.39 Å². The van der Waals surface area contributed by atoms with Gasteiger partial charge in [0.1, 0.15) is 12.4 Å². The molecule has 1 N–H and O–H groups in total. The third-order valence-electron chi connectivity index (χ3n) is 3.68. The van der Waals surface area contributed by atoms with Gasteiger partial charge in [0, 0.05) is 26.8 Å². The van der Waals surface area contributed by atoms with Crippen LogP contribution in [0.15, 0.2) is 45.8 Å². The average molecular weight is 450 g/mol. The molecule has 3 rings (SSSR count). The third kappa shape index (κ3) is 4.54. The molecule has 2 heterocycles. The van der Waals surface area contributed by atoms with Crippen molar-refractivity contribution in [1.82, 2.24) is 19.9 Å². The molecule has 27 heavy (non-hydrogen) atoms. The lowest BCUT2D eigenvalue weighted by Gasteiger charge is -2.21. The van der Waals surface area contributed by atoms with E-state index >= 15 is 0 Å². The molecule has 1 aromatic carbocycles. The zero-order chi connectivity index (χ0) is 19.8. The van der Waals surface area contributed by atoms with E-state index in [-0.39, 0.29) is 18.0 Å². The van der Waals surface area contributed by atoms with E-state index in [1.165, 1.54) is 4.57 Å². The predicted octanol–water partition coefficient (Wildman–Crippen LogP) is 3.79. The molecular formula is C19H18BrClN4O2. The third-order valence-corrected chi connectivity index (χ3v) is 4.34. The topological polar surface area (TPSA) is 76.9 Å². The molecule has 0 aliphatic heterocycles. The van der Waals surface area contributed by atoms with Crippen molar-refractivity contribution in [2.75, 3.05) is 0 Å². The Morgan fingerprint density at radius 2 is 2.04 bits per heavy atom. The van der Waals surface area contributed by atoms with E-state index in [0.29, 0.717) is 31.9 Å². The van der Waals surface area contributed by atoms with Crippen LogP contribution >= 0.6 is 27.5 Å². The number of rotatable bonds is 3. The smallest absolute Gasteiger partial charge is 0.263 e. The number of benzene rings is 1. The lowest BCUT2D eigenvalue weighted by atomic mass is 10.1. The second-order valence-corrected chi connectivity index (χ2v) is 8.51. The molecular weight excluding hydrogens is 432 g/mol. The predicted molar refractivity (Wildman–Crippen MR) is 110 cm³/mol. The Kier molecular flexibility index (Phi) is 5.35. The van der Waals surface area contributed by atoms with Crippen LogP contribution in [0.25, 0.3) is 22.4 Å². The molecule has 0 fully saturated rings. The summed E-state index contributed by atoms with van der Waals surface area (Å²) in [5.74, 6) is 0.0610. The van der Waals surface area contributed by atoms with Gasteiger partial charge in [0.25, 0.3) is 5.56 Å². The molecule has 6 nitrogen and oxygen atoms in total. The molecule has 3 aromatic rings. The monoisotopic (exact) mass is 448 g/mol. The minimum absolute atomic E-state index is 0.159. The van der Waals surface area contributed by atoms with E-state index in [4.69, 9.17) is 11.6 Å². The number of nitrogens with one attached hydrogen (secondary N) is 1. The number of nitrogens with zero attached hydrogens (tertiary/aromatic N) is 3. The molecule has 140 valence electrons. The van der Waals surface area contributed by atoms with E-state index in [1.54, 1.807) is 36.5 Å². The van der Waals surface area contributed by atoms with Gasteiger partial charge in [-0.2, -0.15) is 0 Å². The zero-order valence-electron chi connectivity index (χ0n) is 15.1. The Morgan fingerprint density at radius 3 is 2.70 bits per heavy atom. The van der Waals surface area contributed by atoms with Crippen LogP contribution in [0.5, 0.6) is 0 Å². The number of halogens is 2. The normalized spacial score (nSPS) is 11.6. The van der Waals surface area contributed by atoms with Crippen molar-refractivity contribution in [3.05, 3.63) is 56.4 Å². The van der Waals surface area contributed by atoms with Crippen LogP contribution in [0, 0.1) is 0 Å². The van der Waals surface area contributed by atoms with Gasteiger partial charge in [0.2, 0.25) is 5.91 Å². The summed E-state index contributed by atoms with van der Waals surface area (Å²) in [6.45, 7) is 5.48. The minimum Gasteiger partial charge on any atom is -0.350 e. The molecule has 0 atom stereocenters. The van der Waals surface area contributed by atoms with Crippen molar-refractivity contribution in [3.8, 4) is 11.4 Å². The molecule has 0 aliphatic carbocycles. The summed E-state index contributed by atoms with van der Waals surface area (Å²) in [5, 5.41) is 3.71. The van der Waals surface area contributed by atoms with Gasteiger partial charge in [-0.15, -0.1) is 0 Å². The van der Waals surface area contributed by atoms with Gasteiger partial charge in [-0.25, -0.2) is 9.97 Å². The Balaban J connectivity index is 2.21. The summed E-state index contributed by atoms with van der Waals surface area (Å²) in [6, 6.07) is 8.64. The number of aromatic nitrogens is 3. The van der Waals surface area contributed by atoms with Crippen molar-refractivity contribution in [2.24, 2.45) is 0 Å². The second kappa shape index (κ2) is 7.40. The van der Waals surface area contributed by atoms with E-state index in [1.807, 2.05) is 20.8 Å². The van der Waals surface area contributed by atoms with Crippen LogP contribution in [0.4, 0.5) is 0 Å². The minimum atomic E-state index is -0.411. The zero-order valence-corrected chi connectivity index (χ0v) is 17.4. The van der Waals surface area contributed by atoms with E-state index in [2.05, 4.69) is 31.2 Å². The highest BCUT2D eigenvalue weighted by atomic mass is 79.9. The first kappa shape index (κ1) is 19.5. The van der Waals surface area contributed by atoms with E-state index < -0.39 is 5.54 Å². The van der Waals surface area contributed by atoms with Crippen molar-refractivity contribution in [1.29, 1.82) is 0 Å². The summed E-state index contributed by atoms with van der Waals surface area (Å²) >= 11 is 9.42. The Morgan fingerprint density at radius 1 is 1.30 bits per heavy atom. The maximum Gasteiger partial charge on any atom is 0.263 e. The van der Waals surface area contributed by atoms with Crippen molar-refractivity contribution in [2.45, 2.75) is 32.9 Å². The van der Waals surface area contributed by atoms with Crippen LogP contribution in [-0.2, 0) is 11.3 Å². The van der Waals surface area contributed by atoms with Crippen LogP contribution in [-0.4, -0.2) is 26.0 Å². The highest BCUT2D eigenvalue weighted by Crippen LogP contribution is 2.22. The maximum absolute atomic E-state index is 13.1. The lowest BCUT2D eigenvalue weighted by molar-refractivity contribution is -0.123. The lowest BCUT2D eigenvalue weighted by Crippen LogP contribution is -2.43. The van der Waals surface area contributed by atoms with Gasteiger partial charge in [0.15, 0.2) is 5.65 Å². The molecule has 8 heteroatoms. The maximum atomic E-state index is 13.1. The Bertz CT molecular complexity index is 1090. The first-order chi connectivity index (χ1) is 12.6. The van der Waals surface area contributed by atoms with Gasteiger partial charge in [-0.1, -0.05) is 23.7 Å². The van der Waals surface area contributed by atoms with Crippen LogP contribution in [0.1, 0.15) is 20.8 Å². The standard InChI is InChI=1S/C19H18BrClN4O2/c1-19(2,3)24-15(26)10-25-17(11-5-4-6-13(21)7-11)23-16-14(18(25)27)8-12(20)9-22-16/h4-9H,10H2,1-3H3,(H,24,26). The van der Waals surface area contributed by atoms with Crippen molar-refractivity contribution >= 4 is 44.5 Å². The van der Waals surface area contributed by atoms with Gasteiger partial charge in [-0.3, -0.25) is 14.2 Å². The number of hydrogen-bond donors (Lipinski definition) is 1. The number of carbonyl (C=O) groups is 1. The fourth-order valence-corrected chi connectivity index (χ4v) is 3.20. The molecule has 1 amide bonds. The first-order valence-electron chi connectivity index (χ1n) is 8.27. The SMILES string of the molecule is CC(C)(C)NC(=O)Cn1c(-c2cccc(Cl)c2)nc2ncc(Br)cc2c1=O. The molecule has 0 spiro atoms. The molecule has 0 radical (unpaired) electrons. The largest absolute Gasteiger partial charge is 0.350 e. The fourth-order valence-electron chi connectivity index (χ4n) is 2.68. The number of pyridine rings is 1. The fraction of sp³-hybridized carbons (Fsp3) is 0.263. The highest BCUT2D eigenvalue weighted by molar-refractivity contribution is 9.10. The molecule has 2 aromatic heterocycles. The molecule has 0 bridgehead atoms. The van der Waals surface area contributed by atoms with Gasteiger partial charge in [-0.05, 0) is 54.9 Å². The molecule has 0 saturated heterocycles. The average Bonchev–Trinajstić information content (AvgIpc) is 2.56. The first-order valence-corrected chi connectivity index (χ1v) is 9.44. The highest BCUT2D eigenvalue weighted by Gasteiger charge is 2.19. The summed E-state index contributed by atoms with van der Waals surface area (Å²) < 4.78 is 2.01. The Hall–Kier alpha value is -2.25. The van der Waals surface area contributed by atoms with E-state index in [0.717, 1.165) is 0 Å². The number of hydrogen-bond acceptors (Lipinski definition) is 4. The number of fused-ring (bicyclic) bond motifs is 1. The van der Waals surface area contributed by atoms with Crippen LogP contribution in [0.2, 0.25) is 5.02 Å². The van der Waals surface area contributed by atoms with Crippen LogP contribution < -0.4 is 10.9 Å². The summed E-state index contributed by atoms with van der Waals surface area (Å²) in [6.07, 6.45) is 1.58. The summed E-state index contributed by atoms with van der Waals surface area (Å²) in [5.41, 5.74) is 0.194. The summed E-state index contributed by atoms with van der Waals surface area (Å²) in [4.78, 5) is 34.3. The number of amides is 1. The molecule has 0 aliphatic rings. The van der Waals surface area contributed by atoms with Gasteiger partial charge < -0.3 is 5.32 Å². The quantitative estimate of drug-likeness (QED) is 0.660. The van der Waals surface area contributed by atoms with Crippen LogP contribution in [0.3, 0.4) is 0 Å².